The molecule has 1 aliphatic rings. The lowest BCUT2D eigenvalue weighted by Crippen LogP contribution is -2.24. The van der Waals surface area contributed by atoms with E-state index in [0.29, 0.717) is 11.4 Å². The summed E-state index contributed by atoms with van der Waals surface area (Å²) in [4.78, 5) is 12.7. The summed E-state index contributed by atoms with van der Waals surface area (Å²) in [7, 11) is -3.80. The van der Waals surface area contributed by atoms with Crippen molar-refractivity contribution < 1.29 is 17.6 Å². The smallest absolute Gasteiger partial charge is 0.255 e. The second kappa shape index (κ2) is 9.63. The van der Waals surface area contributed by atoms with Gasteiger partial charge < -0.3 is 9.88 Å². The molecule has 1 aromatic heterocycles. The van der Waals surface area contributed by atoms with E-state index in [1.807, 2.05) is 4.57 Å². The predicted octanol–water partition coefficient (Wildman–Crippen LogP) is 3.53. The molecule has 0 radical (unpaired) electrons. The fraction of sp³-hybridized carbons (Fsp3) is 0.261. The van der Waals surface area contributed by atoms with E-state index in [-0.39, 0.29) is 22.7 Å². The molecule has 3 aromatic rings. The van der Waals surface area contributed by atoms with Crippen LogP contribution in [0.1, 0.15) is 35.4 Å². The number of carbonyl (C=O) groups is 1. The van der Waals surface area contributed by atoms with Gasteiger partial charge in [-0.3, -0.25) is 4.79 Å². The van der Waals surface area contributed by atoms with Gasteiger partial charge in [-0.2, -0.15) is 0 Å². The average molecular weight is 470 g/mol. The normalized spacial score (nSPS) is 13.7. The molecule has 2 heterocycles. The van der Waals surface area contributed by atoms with Gasteiger partial charge >= 0.3 is 0 Å². The molecule has 1 aliphatic heterocycles. The molecule has 1 amide bonds. The highest BCUT2D eigenvalue weighted by Gasteiger charge is 2.19. The number of sulfonamides is 1. The van der Waals surface area contributed by atoms with E-state index in [0.717, 1.165) is 38.1 Å². The van der Waals surface area contributed by atoms with Crippen molar-refractivity contribution in [2.75, 3.05) is 11.9 Å². The summed E-state index contributed by atoms with van der Waals surface area (Å²) in [6.07, 6.45) is 5.45. The number of benzene rings is 2. The largest absolute Gasteiger partial charge is 0.319 e. The van der Waals surface area contributed by atoms with Crippen LogP contribution in [0.2, 0.25) is 0 Å². The number of rotatable bonds is 7. The van der Waals surface area contributed by atoms with Gasteiger partial charge in [0.05, 0.1) is 10.6 Å². The van der Waals surface area contributed by atoms with Gasteiger partial charge in [-0.25, -0.2) is 17.5 Å². The minimum Gasteiger partial charge on any atom is -0.319 e. The Kier molecular flexibility index (Phi) is 6.66. The van der Waals surface area contributed by atoms with Crippen molar-refractivity contribution in [1.29, 1.82) is 0 Å². The fourth-order valence-corrected chi connectivity index (χ4v) is 4.75. The number of fused-ring (bicyclic) bond motifs is 1. The zero-order valence-electron chi connectivity index (χ0n) is 17.9. The van der Waals surface area contributed by atoms with E-state index in [4.69, 9.17) is 0 Å². The highest BCUT2D eigenvalue weighted by molar-refractivity contribution is 7.89. The number of hydrogen-bond acceptors (Lipinski definition) is 5. The molecule has 0 spiro atoms. The first-order valence-corrected chi connectivity index (χ1v) is 12.1. The third-order valence-corrected chi connectivity index (χ3v) is 6.83. The lowest BCUT2D eigenvalue weighted by molar-refractivity contribution is 0.102. The van der Waals surface area contributed by atoms with Crippen LogP contribution in [0, 0.1) is 5.82 Å². The first kappa shape index (κ1) is 22.8. The Morgan fingerprint density at radius 1 is 1.15 bits per heavy atom. The lowest BCUT2D eigenvalue weighted by Gasteiger charge is -2.11. The summed E-state index contributed by atoms with van der Waals surface area (Å²) in [5, 5.41) is 11.1. The van der Waals surface area contributed by atoms with Crippen molar-refractivity contribution in [2.45, 2.75) is 37.1 Å². The fourth-order valence-electron chi connectivity index (χ4n) is 3.71. The van der Waals surface area contributed by atoms with Crippen LogP contribution in [0.3, 0.4) is 0 Å². The maximum atomic E-state index is 14.5. The molecule has 0 saturated carbocycles. The van der Waals surface area contributed by atoms with Crippen molar-refractivity contribution in [3.05, 3.63) is 72.3 Å². The molecule has 0 fully saturated rings. The zero-order chi connectivity index (χ0) is 23.4. The maximum Gasteiger partial charge on any atom is 0.255 e. The van der Waals surface area contributed by atoms with Crippen LogP contribution in [0.5, 0.6) is 0 Å². The Labute approximate surface area is 191 Å². The zero-order valence-corrected chi connectivity index (χ0v) is 18.7. The van der Waals surface area contributed by atoms with E-state index < -0.39 is 21.7 Å². The van der Waals surface area contributed by atoms with Crippen LogP contribution < -0.4 is 10.0 Å². The van der Waals surface area contributed by atoms with E-state index in [1.165, 1.54) is 42.5 Å². The molecule has 2 aromatic carbocycles. The van der Waals surface area contributed by atoms with Gasteiger partial charge in [-0.05, 0) is 49.2 Å². The summed E-state index contributed by atoms with van der Waals surface area (Å²) in [6.45, 7) is 4.32. The summed E-state index contributed by atoms with van der Waals surface area (Å²) in [5.41, 5.74) is 0.691. The maximum absolute atomic E-state index is 14.5. The standard InChI is InChI=1S/C23H24FN5O3S/c1-2-12-25-33(31,32)18-8-6-7-17(14-18)23(30)26-20-15-16(10-11-19(20)24)22-28-27-21-9-4-3-5-13-29(21)22/h2,6-8,10-11,14-15,25H,1,3-5,9,12-13H2,(H,26,30). The molecule has 0 unspecified atom stereocenters. The van der Waals surface area contributed by atoms with Crippen molar-refractivity contribution in [2.24, 2.45) is 0 Å². The van der Waals surface area contributed by atoms with E-state index in [2.05, 4.69) is 26.8 Å². The number of aryl methyl sites for hydroxylation is 1. The Bertz CT molecular complexity index is 1300. The highest BCUT2D eigenvalue weighted by Crippen LogP contribution is 2.27. The number of halogens is 1. The third-order valence-electron chi connectivity index (χ3n) is 5.41. The highest BCUT2D eigenvalue weighted by atomic mass is 32.2. The SMILES string of the molecule is C=CCNS(=O)(=O)c1cccc(C(=O)Nc2cc(-c3nnc4n3CCCCC4)ccc2F)c1. The van der Waals surface area contributed by atoms with Crippen LogP contribution in [0.15, 0.2) is 60.0 Å². The van der Waals surface area contributed by atoms with Crippen LogP contribution in [0.25, 0.3) is 11.4 Å². The Hall–Kier alpha value is -3.37. The van der Waals surface area contributed by atoms with E-state index in [9.17, 15) is 17.6 Å². The van der Waals surface area contributed by atoms with E-state index >= 15 is 0 Å². The van der Waals surface area contributed by atoms with Gasteiger partial charge in [-0.1, -0.05) is 18.6 Å². The lowest BCUT2D eigenvalue weighted by atomic mass is 10.1. The van der Waals surface area contributed by atoms with Gasteiger partial charge in [-0.15, -0.1) is 16.8 Å². The van der Waals surface area contributed by atoms with Gasteiger partial charge in [0.1, 0.15) is 11.6 Å². The number of nitrogens with one attached hydrogen (secondary N) is 2. The quantitative estimate of drug-likeness (QED) is 0.515. The van der Waals surface area contributed by atoms with Crippen LogP contribution >= 0.6 is 0 Å². The molecule has 172 valence electrons. The molecule has 4 rings (SSSR count). The Morgan fingerprint density at radius 3 is 2.82 bits per heavy atom. The third kappa shape index (κ3) is 5.01. The van der Waals surface area contributed by atoms with Gasteiger partial charge in [0.25, 0.3) is 5.91 Å². The number of carbonyl (C=O) groups excluding carboxylic acids is 1. The average Bonchev–Trinajstić information content (AvgIpc) is 3.07. The first-order valence-electron chi connectivity index (χ1n) is 10.6. The van der Waals surface area contributed by atoms with Crippen LogP contribution in [-0.4, -0.2) is 35.6 Å². The molecule has 0 atom stereocenters. The minimum absolute atomic E-state index is 0.0264. The molecule has 2 N–H and O–H groups in total. The summed E-state index contributed by atoms with van der Waals surface area (Å²) >= 11 is 0. The molecule has 0 aliphatic carbocycles. The van der Waals surface area contributed by atoms with Crippen LogP contribution in [-0.2, 0) is 23.0 Å². The van der Waals surface area contributed by atoms with Gasteiger partial charge in [0, 0.05) is 30.6 Å². The van der Waals surface area contributed by atoms with E-state index in [1.54, 1.807) is 6.07 Å². The molecule has 0 saturated heterocycles. The number of anilines is 1. The van der Waals surface area contributed by atoms with Gasteiger partial charge in [0.2, 0.25) is 10.0 Å². The number of nitrogens with zero attached hydrogens (tertiary/aromatic N) is 3. The summed E-state index contributed by atoms with van der Waals surface area (Å²) < 4.78 is 43.6. The Balaban J connectivity index is 1.59. The molecular weight excluding hydrogens is 445 g/mol. The van der Waals surface area contributed by atoms with Gasteiger partial charge in [0.15, 0.2) is 5.82 Å². The number of amides is 1. The molecule has 33 heavy (non-hydrogen) atoms. The van der Waals surface area contributed by atoms with Crippen molar-refractivity contribution >= 4 is 21.6 Å². The summed E-state index contributed by atoms with van der Waals surface area (Å²) in [6, 6.07) is 9.91. The minimum atomic E-state index is -3.80. The molecule has 10 heteroatoms. The monoisotopic (exact) mass is 469 g/mol. The van der Waals surface area contributed by atoms with Crippen molar-refractivity contribution in [3.8, 4) is 11.4 Å². The van der Waals surface area contributed by atoms with Crippen LogP contribution in [0.4, 0.5) is 10.1 Å². The molecule has 0 bridgehead atoms. The topological polar surface area (TPSA) is 106 Å². The van der Waals surface area contributed by atoms with Crippen molar-refractivity contribution in [1.82, 2.24) is 19.5 Å². The second-order valence-corrected chi connectivity index (χ2v) is 9.49. The first-order chi connectivity index (χ1) is 15.9. The molecular formula is C23H24FN5O3S. The number of hydrogen-bond donors (Lipinski definition) is 2. The second-order valence-electron chi connectivity index (χ2n) is 7.72. The molecule has 8 nitrogen and oxygen atoms in total. The Morgan fingerprint density at radius 2 is 2.00 bits per heavy atom. The van der Waals surface area contributed by atoms with Crippen molar-refractivity contribution in [3.63, 3.8) is 0 Å². The predicted molar refractivity (Wildman–Crippen MR) is 123 cm³/mol. The summed E-state index contributed by atoms with van der Waals surface area (Å²) in [5.74, 6) is 0.287. The number of aromatic nitrogens is 3.